The summed E-state index contributed by atoms with van der Waals surface area (Å²) in [4.78, 5) is 12.9. The van der Waals surface area contributed by atoms with Crippen molar-refractivity contribution < 1.29 is 4.74 Å². The van der Waals surface area contributed by atoms with Gasteiger partial charge in [-0.3, -0.25) is 9.89 Å². The van der Waals surface area contributed by atoms with Crippen molar-refractivity contribution in [2.45, 2.75) is 39.2 Å². The Kier molecular flexibility index (Phi) is 10.3. The van der Waals surface area contributed by atoms with E-state index in [1.54, 1.807) is 18.4 Å². The number of likely N-dealkylation sites (tertiary alicyclic amines) is 1. The average molecular weight is 544 g/mol. The molecule has 0 amide bonds. The van der Waals surface area contributed by atoms with E-state index in [0.717, 1.165) is 50.0 Å². The lowest BCUT2D eigenvalue weighted by molar-refractivity contribution is 0.245. The summed E-state index contributed by atoms with van der Waals surface area (Å²) in [5, 5.41) is 8.13. The number of methoxy groups -OCH3 is 1. The highest BCUT2D eigenvalue weighted by Gasteiger charge is 2.24. The van der Waals surface area contributed by atoms with E-state index in [-0.39, 0.29) is 24.0 Å². The number of hydrogen-bond donors (Lipinski definition) is 2. The maximum absolute atomic E-state index is 5.44. The number of ether oxygens (including phenoxy) is 1. The van der Waals surface area contributed by atoms with Gasteiger partial charge in [0, 0.05) is 31.4 Å². The van der Waals surface area contributed by atoms with Crippen molar-refractivity contribution in [2.75, 3.05) is 40.3 Å². The number of rotatable bonds is 8. The van der Waals surface area contributed by atoms with Gasteiger partial charge in [-0.2, -0.15) is 0 Å². The summed E-state index contributed by atoms with van der Waals surface area (Å²) in [7, 11) is 3.54. The van der Waals surface area contributed by atoms with Crippen LogP contribution >= 0.6 is 35.3 Å². The molecule has 0 spiro atoms. The number of aryl methyl sites for hydroxylation is 2. The van der Waals surface area contributed by atoms with Crippen molar-refractivity contribution in [2.24, 2.45) is 4.99 Å². The largest absolute Gasteiger partial charge is 0.497 e. The smallest absolute Gasteiger partial charge is 0.191 e. The molecule has 30 heavy (non-hydrogen) atoms. The van der Waals surface area contributed by atoms with Crippen LogP contribution in [0.15, 0.2) is 29.3 Å². The molecule has 1 aromatic carbocycles. The van der Waals surface area contributed by atoms with Crippen LogP contribution in [0.3, 0.4) is 0 Å². The Balaban J connectivity index is 0.00000320. The third-order valence-corrected chi connectivity index (χ3v) is 6.58. The molecule has 166 valence electrons. The van der Waals surface area contributed by atoms with Crippen LogP contribution in [0.25, 0.3) is 0 Å². The number of halogens is 1. The van der Waals surface area contributed by atoms with Gasteiger partial charge in [-0.15, -0.1) is 35.3 Å². The maximum atomic E-state index is 5.44. The van der Waals surface area contributed by atoms with E-state index in [1.807, 2.05) is 13.1 Å². The summed E-state index contributed by atoms with van der Waals surface area (Å²) in [6, 6.07) is 8.71. The third kappa shape index (κ3) is 6.81. The van der Waals surface area contributed by atoms with Gasteiger partial charge in [0.05, 0.1) is 23.9 Å². The second kappa shape index (κ2) is 12.5. The highest BCUT2D eigenvalue weighted by molar-refractivity contribution is 14.0. The molecule has 0 bridgehead atoms. The highest BCUT2D eigenvalue weighted by atomic mass is 127. The lowest BCUT2D eigenvalue weighted by atomic mass is 10.1. The Hall–Kier alpha value is -1.39. The van der Waals surface area contributed by atoms with Crippen LogP contribution in [-0.4, -0.2) is 56.2 Å². The zero-order valence-corrected chi connectivity index (χ0v) is 21.5. The molecule has 6 nitrogen and oxygen atoms in total. The van der Waals surface area contributed by atoms with Crippen molar-refractivity contribution in [3.8, 4) is 5.75 Å². The van der Waals surface area contributed by atoms with Crippen molar-refractivity contribution in [1.82, 2.24) is 20.5 Å². The molecule has 1 saturated heterocycles. The molecule has 1 aliphatic rings. The molecule has 1 aromatic heterocycles. The Labute approximate surface area is 201 Å². The minimum absolute atomic E-state index is 0. The Morgan fingerprint density at radius 3 is 2.67 bits per heavy atom. The lowest BCUT2D eigenvalue weighted by Gasteiger charge is -2.29. The fraction of sp³-hybridized carbons (Fsp3) is 0.545. The molecule has 1 atom stereocenters. The summed E-state index contributed by atoms with van der Waals surface area (Å²) < 4.78 is 5.44. The SMILES string of the molecule is CN=C(NCCc1nc(C)c(C)s1)NCC(c1cccc(OC)c1)N1CCCC1.I. The number of nitrogens with zero attached hydrogens (tertiary/aromatic N) is 3. The molecular formula is C22H34IN5OS. The van der Waals surface area contributed by atoms with Crippen molar-refractivity contribution in [3.63, 3.8) is 0 Å². The van der Waals surface area contributed by atoms with E-state index in [1.165, 1.54) is 28.3 Å². The quantitative estimate of drug-likeness (QED) is 0.300. The first kappa shape index (κ1) is 24.9. The van der Waals surface area contributed by atoms with Gasteiger partial charge in [0.15, 0.2) is 5.96 Å². The van der Waals surface area contributed by atoms with Gasteiger partial charge in [-0.05, 0) is 57.5 Å². The first-order valence-electron chi connectivity index (χ1n) is 10.4. The van der Waals surface area contributed by atoms with Crippen LogP contribution in [0.2, 0.25) is 0 Å². The Morgan fingerprint density at radius 1 is 1.27 bits per heavy atom. The number of hydrogen-bond acceptors (Lipinski definition) is 5. The standard InChI is InChI=1S/C22H33N5OS.HI/c1-16-17(2)29-21(26-16)10-11-24-22(23-3)25-15-20(27-12-5-6-13-27)18-8-7-9-19(14-18)28-4;/h7-9,14,20H,5-6,10-13,15H2,1-4H3,(H2,23,24,25);1H. The number of benzene rings is 1. The van der Waals surface area contributed by atoms with E-state index in [0.29, 0.717) is 6.04 Å². The first-order valence-corrected chi connectivity index (χ1v) is 11.2. The van der Waals surface area contributed by atoms with Gasteiger partial charge in [0.25, 0.3) is 0 Å². The van der Waals surface area contributed by atoms with Crippen LogP contribution in [0.1, 0.15) is 40.0 Å². The van der Waals surface area contributed by atoms with Gasteiger partial charge < -0.3 is 15.4 Å². The fourth-order valence-corrected chi connectivity index (χ4v) is 4.64. The molecular weight excluding hydrogens is 509 g/mol. The second-order valence-corrected chi connectivity index (χ2v) is 8.70. The van der Waals surface area contributed by atoms with E-state index >= 15 is 0 Å². The van der Waals surface area contributed by atoms with Crippen LogP contribution < -0.4 is 15.4 Å². The minimum Gasteiger partial charge on any atom is -0.497 e. The van der Waals surface area contributed by atoms with Crippen molar-refractivity contribution in [3.05, 3.63) is 45.4 Å². The summed E-state index contributed by atoms with van der Waals surface area (Å²) in [6.07, 6.45) is 3.44. The fourth-order valence-electron chi connectivity index (χ4n) is 3.71. The topological polar surface area (TPSA) is 61.8 Å². The summed E-state index contributed by atoms with van der Waals surface area (Å²) in [5.41, 5.74) is 2.42. The predicted octanol–water partition coefficient (Wildman–Crippen LogP) is 3.93. The van der Waals surface area contributed by atoms with Crippen LogP contribution in [-0.2, 0) is 6.42 Å². The van der Waals surface area contributed by atoms with Crippen LogP contribution in [0.5, 0.6) is 5.75 Å². The van der Waals surface area contributed by atoms with Gasteiger partial charge in [-0.25, -0.2) is 4.98 Å². The molecule has 0 saturated carbocycles. The Bertz CT molecular complexity index is 800. The molecule has 3 rings (SSSR count). The highest BCUT2D eigenvalue weighted by Crippen LogP contribution is 2.27. The third-order valence-electron chi connectivity index (χ3n) is 5.45. The van der Waals surface area contributed by atoms with Crippen LogP contribution in [0, 0.1) is 13.8 Å². The minimum atomic E-state index is 0. The van der Waals surface area contributed by atoms with E-state index < -0.39 is 0 Å². The summed E-state index contributed by atoms with van der Waals surface area (Å²) in [6.45, 7) is 8.10. The number of guanidine groups is 1. The zero-order chi connectivity index (χ0) is 20.6. The molecule has 1 fully saturated rings. The molecule has 2 aromatic rings. The molecule has 2 N–H and O–H groups in total. The molecule has 1 aliphatic heterocycles. The molecule has 1 unspecified atom stereocenters. The molecule has 0 radical (unpaired) electrons. The van der Waals surface area contributed by atoms with Gasteiger partial charge >= 0.3 is 0 Å². The molecule has 8 heteroatoms. The summed E-state index contributed by atoms with van der Waals surface area (Å²) in [5.74, 6) is 1.74. The number of aliphatic imine (C=N–C) groups is 1. The van der Waals surface area contributed by atoms with Gasteiger partial charge in [0.1, 0.15) is 5.75 Å². The normalized spacial score (nSPS) is 15.5. The predicted molar refractivity (Wildman–Crippen MR) is 137 cm³/mol. The lowest BCUT2D eigenvalue weighted by Crippen LogP contribution is -2.43. The summed E-state index contributed by atoms with van der Waals surface area (Å²) >= 11 is 1.78. The van der Waals surface area contributed by atoms with E-state index in [4.69, 9.17) is 4.74 Å². The molecule has 0 aliphatic carbocycles. The van der Waals surface area contributed by atoms with Gasteiger partial charge in [-0.1, -0.05) is 12.1 Å². The van der Waals surface area contributed by atoms with E-state index in [2.05, 4.69) is 57.6 Å². The zero-order valence-electron chi connectivity index (χ0n) is 18.4. The van der Waals surface area contributed by atoms with E-state index in [9.17, 15) is 0 Å². The monoisotopic (exact) mass is 543 g/mol. The van der Waals surface area contributed by atoms with Gasteiger partial charge in [0.2, 0.25) is 0 Å². The second-order valence-electron chi connectivity index (χ2n) is 7.41. The molecule has 2 heterocycles. The first-order chi connectivity index (χ1) is 14.1. The number of nitrogens with one attached hydrogen (secondary N) is 2. The number of aromatic nitrogens is 1. The maximum Gasteiger partial charge on any atom is 0.191 e. The Morgan fingerprint density at radius 2 is 2.03 bits per heavy atom. The van der Waals surface area contributed by atoms with Crippen molar-refractivity contribution in [1.29, 1.82) is 0 Å². The average Bonchev–Trinajstić information content (AvgIpc) is 3.37. The number of thiazole rings is 1. The van der Waals surface area contributed by atoms with Crippen molar-refractivity contribution >= 4 is 41.3 Å². The van der Waals surface area contributed by atoms with Crippen LogP contribution in [0.4, 0.5) is 0 Å².